The van der Waals surface area contributed by atoms with Gasteiger partial charge in [0.15, 0.2) is 0 Å². The molecule has 1 N–H and O–H groups in total. The van der Waals surface area contributed by atoms with Gasteiger partial charge in [0.05, 0.1) is 11.8 Å². The summed E-state index contributed by atoms with van der Waals surface area (Å²) >= 11 is 1.65. The number of thioether (sulfide) groups is 1. The van der Waals surface area contributed by atoms with Crippen molar-refractivity contribution < 1.29 is 4.79 Å². The number of carbonyl (C=O) groups excluding carboxylic acids is 1. The number of carbonyl (C=O) groups is 1. The Morgan fingerprint density at radius 1 is 1.04 bits per heavy atom. The lowest BCUT2D eigenvalue weighted by Crippen LogP contribution is -2.28. The maximum atomic E-state index is 12.1. The van der Waals surface area contributed by atoms with Gasteiger partial charge in [0.25, 0.3) is 0 Å². The Labute approximate surface area is 143 Å². The lowest BCUT2D eigenvalue weighted by atomic mass is 10.0. The summed E-state index contributed by atoms with van der Waals surface area (Å²) in [5.74, 6) is 1.45. The van der Waals surface area contributed by atoms with Crippen LogP contribution in [0.3, 0.4) is 0 Å². The second kappa shape index (κ2) is 8.21. The van der Waals surface area contributed by atoms with E-state index >= 15 is 0 Å². The molecule has 23 heavy (non-hydrogen) atoms. The Kier molecular flexibility index (Phi) is 6.28. The Hall–Kier alpha value is -1.74. The standard InChI is InChI=1S/C20H25NOS/c1-14-5-8-18(9-6-14)12-23-13-20(22)21-17(4)19-10-7-15(2)16(3)11-19/h5-11,17H,12-13H2,1-4H3,(H,21,22). The van der Waals surface area contributed by atoms with Gasteiger partial charge in [-0.3, -0.25) is 4.79 Å². The lowest BCUT2D eigenvalue weighted by molar-refractivity contribution is -0.119. The SMILES string of the molecule is Cc1ccc(CSCC(=O)NC(C)c2ccc(C)c(C)c2)cc1. The maximum Gasteiger partial charge on any atom is 0.230 e. The number of benzene rings is 2. The van der Waals surface area contributed by atoms with Gasteiger partial charge in [0, 0.05) is 5.75 Å². The monoisotopic (exact) mass is 327 g/mol. The molecule has 0 saturated heterocycles. The predicted octanol–water partition coefficient (Wildman–Crippen LogP) is 4.72. The molecule has 2 aromatic carbocycles. The third-order valence-corrected chi connectivity index (χ3v) is 5.03. The fraction of sp³-hybridized carbons (Fsp3) is 0.350. The minimum absolute atomic E-state index is 0.0433. The molecule has 1 unspecified atom stereocenters. The van der Waals surface area contributed by atoms with Crippen LogP contribution in [-0.2, 0) is 10.5 Å². The molecule has 1 atom stereocenters. The highest BCUT2D eigenvalue weighted by molar-refractivity contribution is 7.99. The Morgan fingerprint density at radius 2 is 1.74 bits per heavy atom. The van der Waals surface area contributed by atoms with Crippen LogP contribution in [0.1, 0.15) is 40.8 Å². The van der Waals surface area contributed by atoms with E-state index in [1.165, 1.54) is 22.3 Å². The van der Waals surface area contributed by atoms with E-state index in [1.54, 1.807) is 11.8 Å². The first-order valence-electron chi connectivity index (χ1n) is 7.95. The van der Waals surface area contributed by atoms with Gasteiger partial charge in [-0.2, -0.15) is 0 Å². The van der Waals surface area contributed by atoms with Crippen molar-refractivity contribution in [3.8, 4) is 0 Å². The molecule has 0 saturated carbocycles. The molecule has 2 nitrogen and oxygen atoms in total. The van der Waals surface area contributed by atoms with Crippen molar-refractivity contribution >= 4 is 17.7 Å². The zero-order chi connectivity index (χ0) is 16.8. The van der Waals surface area contributed by atoms with Crippen molar-refractivity contribution in [2.75, 3.05) is 5.75 Å². The highest BCUT2D eigenvalue weighted by Gasteiger charge is 2.10. The third-order valence-electron chi connectivity index (χ3n) is 4.03. The normalized spacial score (nSPS) is 12.0. The molecular weight excluding hydrogens is 302 g/mol. The maximum absolute atomic E-state index is 12.1. The Bertz CT molecular complexity index is 664. The van der Waals surface area contributed by atoms with Crippen molar-refractivity contribution in [1.82, 2.24) is 5.32 Å². The van der Waals surface area contributed by atoms with Gasteiger partial charge in [0.1, 0.15) is 0 Å². The summed E-state index contributed by atoms with van der Waals surface area (Å²) in [4.78, 5) is 12.1. The summed E-state index contributed by atoms with van der Waals surface area (Å²) in [5.41, 5.74) is 6.22. The van der Waals surface area contributed by atoms with Gasteiger partial charge in [-0.25, -0.2) is 0 Å². The molecule has 0 aliphatic carbocycles. The zero-order valence-electron chi connectivity index (χ0n) is 14.3. The highest BCUT2D eigenvalue weighted by atomic mass is 32.2. The molecule has 3 heteroatoms. The van der Waals surface area contributed by atoms with Gasteiger partial charge in [0.2, 0.25) is 5.91 Å². The topological polar surface area (TPSA) is 29.1 Å². The van der Waals surface area contributed by atoms with Crippen LogP contribution < -0.4 is 5.32 Å². The van der Waals surface area contributed by atoms with Crippen LogP contribution in [0, 0.1) is 20.8 Å². The van der Waals surface area contributed by atoms with Gasteiger partial charge < -0.3 is 5.32 Å². The number of hydrogen-bond donors (Lipinski definition) is 1. The average molecular weight is 327 g/mol. The molecule has 0 aliphatic rings. The molecule has 2 aromatic rings. The first-order valence-corrected chi connectivity index (χ1v) is 9.11. The molecule has 0 heterocycles. The van der Waals surface area contributed by atoms with Crippen molar-refractivity contribution in [3.05, 3.63) is 70.3 Å². The van der Waals surface area contributed by atoms with Gasteiger partial charge in [-0.05, 0) is 49.9 Å². The highest BCUT2D eigenvalue weighted by Crippen LogP contribution is 2.17. The first kappa shape index (κ1) is 17.6. The van der Waals surface area contributed by atoms with E-state index < -0.39 is 0 Å². The van der Waals surface area contributed by atoms with Crippen molar-refractivity contribution in [2.45, 2.75) is 39.5 Å². The van der Waals surface area contributed by atoms with Crippen LogP contribution in [0.15, 0.2) is 42.5 Å². The number of aryl methyl sites for hydroxylation is 3. The van der Waals surface area contributed by atoms with E-state index in [2.05, 4.69) is 68.6 Å². The third kappa shape index (κ3) is 5.43. The second-order valence-corrected chi connectivity index (χ2v) is 7.10. The van der Waals surface area contributed by atoms with Crippen LogP contribution in [0.4, 0.5) is 0 Å². The number of nitrogens with one attached hydrogen (secondary N) is 1. The zero-order valence-corrected chi connectivity index (χ0v) is 15.2. The van der Waals surface area contributed by atoms with E-state index in [4.69, 9.17) is 0 Å². The summed E-state index contributed by atoms with van der Waals surface area (Å²) in [5, 5.41) is 3.08. The van der Waals surface area contributed by atoms with Crippen molar-refractivity contribution in [2.24, 2.45) is 0 Å². The van der Waals surface area contributed by atoms with Gasteiger partial charge in [-0.1, -0.05) is 48.0 Å². The Balaban J connectivity index is 1.79. The number of amides is 1. The van der Waals surface area contributed by atoms with Crippen LogP contribution in [-0.4, -0.2) is 11.7 Å². The lowest BCUT2D eigenvalue weighted by Gasteiger charge is -2.15. The average Bonchev–Trinajstić information content (AvgIpc) is 2.52. The predicted molar refractivity (Wildman–Crippen MR) is 99.8 cm³/mol. The molecule has 0 fully saturated rings. The van der Waals surface area contributed by atoms with Crippen LogP contribution in [0.25, 0.3) is 0 Å². The van der Waals surface area contributed by atoms with Crippen molar-refractivity contribution in [1.29, 1.82) is 0 Å². The molecule has 0 radical (unpaired) electrons. The summed E-state index contributed by atoms with van der Waals surface area (Å²) in [6, 6.07) is 14.9. The molecule has 0 spiro atoms. The fourth-order valence-electron chi connectivity index (χ4n) is 2.35. The summed E-state index contributed by atoms with van der Waals surface area (Å²) < 4.78 is 0. The molecular formula is C20H25NOS. The summed E-state index contributed by atoms with van der Waals surface area (Å²) in [6.07, 6.45) is 0. The largest absolute Gasteiger partial charge is 0.349 e. The van der Waals surface area contributed by atoms with Crippen LogP contribution in [0.5, 0.6) is 0 Å². The summed E-state index contributed by atoms with van der Waals surface area (Å²) in [6.45, 7) is 8.32. The smallest absolute Gasteiger partial charge is 0.230 e. The Morgan fingerprint density at radius 3 is 2.39 bits per heavy atom. The molecule has 0 aliphatic heterocycles. The molecule has 1 amide bonds. The van der Waals surface area contributed by atoms with Gasteiger partial charge >= 0.3 is 0 Å². The van der Waals surface area contributed by atoms with E-state index in [1.807, 2.05) is 6.92 Å². The number of hydrogen-bond acceptors (Lipinski definition) is 2. The quantitative estimate of drug-likeness (QED) is 0.831. The van der Waals surface area contributed by atoms with Gasteiger partial charge in [-0.15, -0.1) is 11.8 Å². The second-order valence-electron chi connectivity index (χ2n) is 6.11. The molecule has 122 valence electrons. The van der Waals surface area contributed by atoms with E-state index in [9.17, 15) is 4.79 Å². The number of rotatable bonds is 6. The molecule has 0 aromatic heterocycles. The first-order chi connectivity index (χ1) is 11.0. The van der Waals surface area contributed by atoms with Crippen LogP contribution in [0.2, 0.25) is 0 Å². The van der Waals surface area contributed by atoms with E-state index in [-0.39, 0.29) is 11.9 Å². The van der Waals surface area contributed by atoms with Crippen molar-refractivity contribution in [3.63, 3.8) is 0 Å². The van der Waals surface area contributed by atoms with E-state index in [0.29, 0.717) is 5.75 Å². The minimum atomic E-state index is 0.0433. The molecule has 2 rings (SSSR count). The molecule has 0 bridgehead atoms. The van der Waals surface area contributed by atoms with E-state index in [0.717, 1.165) is 11.3 Å². The minimum Gasteiger partial charge on any atom is -0.349 e. The van der Waals surface area contributed by atoms with Crippen LogP contribution >= 0.6 is 11.8 Å². The fourth-order valence-corrected chi connectivity index (χ4v) is 3.15. The summed E-state index contributed by atoms with van der Waals surface area (Å²) in [7, 11) is 0.